The summed E-state index contributed by atoms with van der Waals surface area (Å²) in [6, 6.07) is 0.104. The lowest BCUT2D eigenvalue weighted by molar-refractivity contribution is -0.127. The number of fused-ring (bicyclic) bond motifs is 2. The van der Waals surface area contributed by atoms with Gasteiger partial charge in [0.25, 0.3) is 0 Å². The van der Waals surface area contributed by atoms with E-state index in [1.807, 2.05) is 0 Å². The van der Waals surface area contributed by atoms with Gasteiger partial charge in [-0.05, 0) is 43.9 Å². The molecule has 0 heterocycles. The molecule has 0 aromatic heterocycles. The molecule has 2 bridgehead atoms. The maximum Gasteiger partial charge on any atom is 0.224 e. The average molecular weight is 277 g/mol. The van der Waals surface area contributed by atoms with E-state index in [4.69, 9.17) is 10.5 Å². The van der Waals surface area contributed by atoms with Gasteiger partial charge in [-0.2, -0.15) is 0 Å². The fourth-order valence-corrected chi connectivity index (χ4v) is 3.43. The zero-order valence-electron chi connectivity index (χ0n) is 11.1. The van der Waals surface area contributed by atoms with Gasteiger partial charge in [-0.3, -0.25) is 4.79 Å². The van der Waals surface area contributed by atoms with Crippen LogP contribution in [0.25, 0.3) is 0 Å². The van der Waals surface area contributed by atoms with Crippen LogP contribution < -0.4 is 11.1 Å². The van der Waals surface area contributed by atoms with Crippen molar-refractivity contribution in [2.24, 2.45) is 23.5 Å². The summed E-state index contributed by atoms with van der Waals surface area (Å²) in [6.45, 7) is 1.52. The Bertz CT molecular complexity index is 274. The van der Waals surface area contributed by atoms with Gasteiger partial charge in [-0.25, -0.2) is 0 Å². The highest BCUT2D eigenvalue weighted by molar-refractivity contribution is 5.85. The summed E-state index contributed by atoms with van der Waals surface area (Å²) in [4.78, 5) is 12.1. The van der Waals surface area contributed by atoms with E-state index in [1.54, 1.807) is 7.11 Å². The molecule has 0 radical (unpaired) electrons. The molecule has 106 valence electrons. The molecule has 2 aliphatic rings. The third kappa shape index (κ3) is 3.37. The molecule has 4 nitrogen and oxygen atoms in total. The number of halogens is 1. The number of carbonyl (C=O) groups excluding carboxylic acids is 1. The smallest absolute Gasteiger partial charge is 0.224 e. The Morgan fingerprint density at radius 3 is 2.67 bits per heavy atom. The fraction of sp³-hybridized carbons (Fsp3) is 0.923. The maximum atomic E-state index is 12.1. The molecule has 0 aliphatic heterocycles. The average Bonchev–Trinajstić information content (AvgIpc) is 2.89. The van der Waals surface area contributed by atoms with E-state index >= 15 is 0 Å². The van der Waals surface area contributed by atoms with Crippen molar-refractivity contribution in [1.82, 2.24) is 5.32 Å². The third-order valence-electron chi connectivity index (χ3n) is 4.36. The minimum atomic E-state index is 0. The number of carbonyl (C=O) groups is 1. The van der Waals surface area contributed by atoms with Gasteiger partial charge in [-0.1, -0.05) is 0 Å². The molecule has 4 unspecified atom stereocenters. The van der Waals surface area contributed by atoms with Crippen LogP contribution in [0.15, 0.2) is 0 Å². The van der Waals surface area contributed by atoms with Crippen LogP contribution in [-0.4, -0.2) is 32.2 Å². The lowest BCUT2D eigenvalue weighted by Gasteiger charge is -2.27. The van der Waals surface area contributed by atoms with Crippen molar-refractivity contribution in [1.29, 1.82) is 0 Å². The van der Waals surface area contributed by atoms with Gasteiger partial charge in [0, 0.05) is 26.3 Å². The molecular formula is C13H25ClN2O2. The van der Waals surface area contributed by atoms with Gasteiger partial charge in [0.15, 0.2) is 0 Å². The highest BCUT2D eigenvalue weighted by Gasteiger charge is 2.48. The maximum absolute atomic E-state index is 12.1. The van der Waals surface area contributed by atoms with Gasteiger partial charge in [0.05, 0.1) is 5.92 Å². The molecule has 2 fully saturated rings. The summed E-state index contributed by atoms with van der Waals surface area (Å²) >= 11 is 0. The summed E-state index contributed by atoms with van der Waals surface area (Å²) in [5, 5.41) is 3.02. The van der Waals surface area contributed by atoms with E-state index in [0.29, 0.717) is 11.8 Å². The van der Waals surface area contributed by atoms with Crippen LogP contribution in [0.3, 0.4) is 0 Å². The van der Waals surface area contributed by atoms with E-state index in [1.165, 1.54) is 19.3 Å². The number of rotatable bonds is 6. The standard InChI is InChI=1S/C13H24N2O2.ClH/c1-17-7-3-2-6-15-13(16)11-9-4-5-10(8-9)12(11)14;/h9-12H,2-8,14H2,1H3,(H,15,16);1H. The minimum absolute atomic E-state index is 0. The van der Waals surface area contributed by atoms with Gasteiger partial charge >= 0.3 is 0 Å². The Labute approximate surface area is 115 Å². The van der Waals surface area contributed by atoms with Crippen molar-refractivity contribution >= 4 is 18.3 Å². The van der Waals surface area contributed by atoms with Gasteiger partial charge in [0.1, 0.15) is 0 Å². The summed E-state index contributed by atoms with van der Waals surface area (Å²) in [5.41, 5.74) is 6.14. The SMILES string of the molecule is COCCCCNC(=O)C1C2CCC(C2)C1N.Cl. The van der Waals surface area contributed by atoms with E-state index in [0.717, 1.165) is 26.0 Å². The summed E-state index contributed by atoms with van der Waals surface area (Å²) in [6.07, 6.45) is 5.57. The first-order chi connectivity index (χ1) is 8.24. The van der Waals surface area contributed by atoms with Crippen LogP contribution >= 0.6 is 12.4 Å². The molecule has 3 N–H and O–H groups in total. The quantitative estimate of drug-likeness (QED) is 0.720. The lowest BCUT2D eigenvalue weighted by Crippen LogP contribution is -2.45. The number of unbranched alkanes of at least 4 members (excludes halogenated alkanes) is 1. The largest absolute Gasteiger partial charge is 0.385 e. The van der Waals surface area contributed by atoms with Crippen LogP contribution in [0, 0.1) is 17.8 Å². The highest BCUT2D eigenvalue weighted by Crippen LogP contribution is 2.47. The number of methoxy groups -OCH3 is 1. The fourth-order valence-electron chi connectivity index (χ4n) is 3.43. The molecule has 0 aromatic rings. The van der Waals surface area contributed by atoms with Crippen LogP contribution in [0.4, 0.5) is 0 Å². The molecule has 0 aromatic carbocycles. The number of hydrogen-bond acceptors (Lipinski definition) is 3. The highest BCUT2D eigenvalue weighted by atomic mass is 35.5. The molecule has 1 amide bonds. The Kier molecular flexibility index (Phi) is 6.39. The number of nitrogens with two attached hydrogens (primary N) is 1. The number of hydrogen-bond donors (Lipinski definition) is 2. The zero-order chi connectivity index (χ0) is 12.3. The normalized spacial score (nSPS) is 33.2. The second kappa shape index (κ2) is 7.31. The second-order valence-corrected chi connectivity index (χ2v) is 5.43. The second-order valence-electron chi connectivity index (χ2n) is 5.43. The predicted octanol–water partition coefficient (Wildman–Crippen LogP) is 1.32. The molecule has 2 aliphatic carbocycles. The number of nitrogens with one attached hydrogen (secondary N) is 1. The molecule has 2 saturated carbocycles. The predicted molar refractivity (Wildman–Crippen MR) is 73.7 cm³/mol. The van der Waals surface area contributed by atoms with E-state index in [-0.39, 0.29) is 30.3 Å². The van der Waals surface area contributed by atoms with Crippen LogP contribution in [0.5, 0.6) is 0 Å². The monoisotopic (exact) mass is 276 g/mol. The molecule has 4 atom stereocenters. The Morgan fingerprint density at radius 2 is 2.06 bits per heavy atom. The van der Waals surface area contributed by atoms with Crippen molar-refractivity contribution in [3.8, 4) is 0 Å². The van der Waals surface area contributed by atoms with Gasteiger partial charge < -0.3 is 15.8 Å². The summed E-state index contributed by atoms with van der Waals surface area (Å²) in [7, 11) is 1.70. The Hall–Kier alpha value is -0.320. The van der Waals surface area contributed by atoms with E-state index in [2.05, 4.69) is 5.32 Å². The number of ether oxygens (including phenoxy) is 1. The summed E-state index contributed by atoms with van der Waals surface area (Å²) < 4.78 is 4.97. The molecular weight excluding hydrogens is 252 g/mol. The first-order valence-electron chi connectivity index (χ1n) is 6.76. The zero-order valence-corrected chi connectivity index (χ0v) is 11.9. The lowest BCUT2D eigenvalue weighted by atomic mass is 9.84. The molecule has 5 heteroatoms. The van der Waals surface area contributed by atoms with Gasteiger partial charge in [-0.15, -0.1) is 12.4 Å². The van der Waals surface area contributed by atoms with Crippen LogP contribution in [-0.2, 0) is 9.53 Å². The van der Waals surface area contributed by atoms with Crippen molar-refractivity contribution < 1.29 is 9.53 Å². The first kappa shape index (κ1) is 15.7. The molecule has 2 rings (SSSR count). The minimum Gasteiger partial charge on any atom is -0.385 e. The first-order valence-corrected chi connectivity index (χ1v) is 6.76. The molecule has 18 heavy (non-hydrogen) atoms. The van der Waals surface area contributed by atoms with Crippen molar-refractivity contribution in [2.75, 3.05) is 20.3 Å². The number of amides is 1. The van der Waals surface area contributed by atoms with Crippen LogP contribution in [0.2, 0.25) is 0 Å². The summed E-state index contributed by atoms with van der Waals surface area (Å²) in [5.74, 6) is 1.41. The Balaban J connectivity index is 0.00000162. The van der Waals surface area contributed by atoms with Gasteiger partial charge in [0.2, 0.25) is 5.91 Å². The van der Waals surface area contributed by atoms with E-state index < -0.39 is 0 Å². The van der Waals surface area contributed by atoms with E-state index in [9.17, 15) is 4.79 Å². The molecule has 0 saturated heterocycles. The van der Waals surface area contributed by atoms with Crippen molar-refractivity contribution in [3.63, 3.8) is 0 Å². The molecule has 0 spiro atoms. The third-order valence-corrected chi connectivity index (χ3v) is 4.36. The van der Waals surface area contributed by atoms with Crippen molar-refractivity contribution in [3.05, 3.63) is 0 Å². The van der Waals surface area contributed by atoms with Crippen LogP contribution in [0.1, 0.15) is 32.1 Å². The topological polar surface area (TPSA) is 64.3 Å². The Morgan fingerprint density at radius 1 is 1.33 bits per heavy atom. The van der Waals surface area contributed by atoms with Crippen molar-refractivity contribution in [2.45, 2.75) is 38.1 Å².